The van der Waals surface area contributed by atoms with Crippen molar-refractivity contribution in [2.24, 2.45) is 5.41 Å². The van der Waals surface area contributed by atoms with E-state index in [4.69, 9.17) is 12.6 Å². The number of rotatable bonds is 3. The third-order valence-electron chi connectivity index (χ3n) is 2.34. The van der Waals surface area contributed by atoms with Crippen molar-refractivity contribution >= 4 is 12.6 Å². The zero-order valence-electron chi connectivity index (χ0n) is 10.2. The second kappa shape index (κ2) is 4.61. The minimum Gasteiger partial charge on any atom is -0.172 e. The largest absolute Gasteiger partial charge is 0.172 e. The summed E-state index contributed by atoms with van der Waals surface area (Å²) in [6.45, 7) is 9.04. The molecule has 1 aromatic carbocycles. The molecule has 0 aliphatic carbocycles. The molecule has 0 saturated heterocycles. The van der Waals surface area contributed by atoms with Crippen LogP contribution >= 0.6 is 12.6 Å². The van der Waals surface area contributed by atoms with Crippen LogP contribution in [0.4, 0.5) is 0 Å². The highest BCUT2D eigenvalue weighted by atomic mass is 32.1. The molecule has 15 heavy (non-hydrogen) atoms. The van der Waals surface area contributed by atoms with Crippen LogP contribution in [0, 0.1) is 5.41 Å². The number of hydrogen-bond donors (Lipinski definition) is 1. The van der Waals surface area contributed by atoms with Gasteiger partial charge in [-0.05, 0) is 23.8 Å². The van der Waals surface area contributed by atoms with Crippen molar-refractivity contribution in [2.45, 2.75) is 45.3 Å². The highest BCUT2D eigenvalue weighted by Crippen LogP contribution is 2.33. The van der Waals surface area contributed by atoms with Gasteiger partial charge in [-0.3, -0.25) is 0 Å². The molecule has 0 spiro atoms. The zero-order valence-corrected chi connectivity index (χ0v) is 11.1. The van der Waals surface area contributed by atoms with E-state index < -0.39 is 0 Å². The fraction of sp³-hybridized carbons (Fsp3) is 0.571. The summed E-state index contributed by atoms with van der Waals surface area (Å²) in [6.07, 6.45) is 2.16. The van der Waals surface area contributed by atoms with Crippen LogP contribution < -0.4 is 0 Å². The van der Waals surface area contributed by atoms with Gasteiger partial charge in [0.25, 0.3) is 0 Å². The molecule has 1 unspecified atom stereocenters. The Bertz CT molecular complexity index is 293. The predicted octanol–water partition coefficient (Wildman–Crippen LogP) is 4.35. The molecule has 0 aliphatic heterocycles. The Morgan fingerprint density at radius 3 is 2.00 bits per heavy atom. The maximum Gasteiger partial charge on any atom is 0.0147 e. The van der Waals surface area contributed by atoms with Gasteiger partial charge in [0.15, 0.2) is 0 Å². The summed E-state index contributed by atoms with van der Waals surface area (Å²) in [7, 11) is 0. The molecule has 1 heteroatoms. The van der Waals surface area contributed by atoms with Gasteiger partial charge in [0.05, 0.1) is 0 Å². The quantitative estimate of drug-likeness (QED) is 0.722. The summed E-state index contributed by atoms with van der Waals surface area (Å²) in [5.74, 6) is 0. The maximum atomic E-state index is 4.79. The Morgan fingerprint density at radius 2 is 1.53 bits per heavy atom. The van der Waals surface area contributed by atoms with Crippen LogP contribution in [0.25, 0.3) is 0 Å². The molecule has 0 radical (unpaired) electrons. The highest BCUT2D eigenvalue weighted by molar-refractivity contribution is 7.81. The minimum absolute atomic E-state index is 0.0829. The maximum absolute atomic E-state index is 4.79. The van der Waals surface area contributed by atoms with Crippen LogP contribution in [0.1, 0.15) is 39.7 Å². The van der Waals surface area contributed by atoms with E-state index in [1.807, 2.05) is 0 Å². The summed E-state index contributed by atoms with van der Waals surface area (Å²) in [5.41, 5.74) is 1.71. The minimum atomic E-state index is 0.0829. The van der Waals surface area contributed by atoms with Gasteiger partial charge in [-0.2, -0.15) is 12.6 Å². The van der Waals surface area contributed by atoms with Gasteiger partial charge in [0, 0.05) is 4.75 Å². The molecule has 0 N–H and O–H groups in total. The van der Waals surface area contributed by atoms with Crippen molar-refractivity contribution in [3.05, 3.63) is 35.9 Å². The van der Waals surface area contributed by atoms with Gasteiger partial charge in [0.1, 0.15) is 0 Å². The molecule has 0 heterocycles. The molecule has 0 aromatic heterocycles. The fourth-order valence-electron chi connectivity index (χ4n) is 2.24. The smallest absolute Gasteiger partial charge is 0.0147 e. The molecule has 0 saturated carbocycles. The second-order valence-corrected chi connectivity index (χ2v) is 6.98. The van der Waals surface area contributed by atoms with Gasteiger partial charge in [-0.1, -0.05) is 58.0 Å². The second-order valence-electron chi connectivity index (χ2n) is 5.90. The lowest BCUT2D eigenvalue weighted by Gasteiger charge is -2.31. The molecular weight excluding hydrogens is 200 g/mol. The van der Waals surface area contributed by atoms with Crippen molar-refractivity contribution in [1.29, 1.82) is 0 Å². The van der Waals surface area contributed by atoms with Crippen molar-refractivity contribution < 1.29 is 0 Å². The van der Waals surface area contributed by atoms with Crippen molar-refractivity contribution in [3.8, 4) is 0 Å². The Hall–Kier alpha value is -0.430. The summed E-state index contributed by atoms with van der Waals surface area (Å²) in [4.78, 5) is 0. The normalized spacial score (nSPS) is 16.1. The highest BCUT2D eigenvalue weighted by Gasteiger charge is 2.26. The van der Waals surface area contributed by atoms with E-state index in [2.05, 4.69) is 58.0 Å². The van der Waals surface area contributed by atoms with Gasteiger partial charge < -0.3 is 0 Å². The molecule has 1 rings (SSSR count). The topological polar surface area (TPSA) is 0 Å². The standard InChI is InChI=1S/C14H22S/c1-13(2,3)11-14(4,15)10-12-8-6-5-7-9-12/h5-9,15H,10-11H2,1-4H3. The summed E-state index contributed by atoms with van der Waals surface area (Å²) in [5, 5.41) is 0. The molecular formula is C14H22S. The van der Waals surface area contributed by atoms with E-state index in [9.17, 15) is 0 Å². The molecule has 84 valence electrons. The third-order valence-corrected chi connectivity index (χ3v) is 2.66. The van der Waals surface area contributed by atoms with Gasteiger partial charge >= 0.3 is 0 Å². The molecule has 0 amide bonds. The first-order valence-electron chi connectivity index (χ1n) is 5.55. The molecule has 1 aromatic rings. The third kappa shape index (κ3) is 5.27. The predicted molar refractivity (Wildman–Crippen MR) is 71.6 cm³/mol. The van der Waals surface area contributed by atoms with Crippen LogP contribution in [0.3, 0.4) is 0 Å². The van der Waals surface area contributed by atoms with Crippen LogP contribution in [0.5, 0.6) is 0 Å². The molecule has 0 nitrogen and oxygen atoms in total. The van der Waals surface area contributed by atoms with Crippen LogP contribution in [-0.4, -0.2) is 4.75 Å². The summed E-state index contributed by atoms with van der Waals surface area (Å²) in [6, 6.07) is 10.6. The first kappa shape index (κ1) is 12.6. The Kier molecular flexibility index (Phi) is 3.88. The zero-order chi connectivity index (χ0) is 11.5. The number of benzene rings is 1. The van der Waals surface area contributed by atoms with Gasteiger partial charge in [-0.25, -0.2) is 0 Å². The van der Waals surface area contributed by atoms with E-state index in [0.29, 0.717) is 5.41 Å². The van der Waals surface area contributed by atoms with E-state index in [-0.39, 0.29) is 4.75 Å². The molecule has 0 fully saturated rings. The lowest BCUT2D eigenvalue weighted by molar-refractivity contribution is 0.329. The first-order valence-corrected chi connectivity index (χ1v) is 6.00. The van der Waals surface area contributed by atoms with Crippen LogP contribution in [-0.2, 0) is 6.42 Å². The first-order chi connectivity index (χ1) is 6.79. The SMILES string of the molecule is CC(C)(C)CC(C)(S)Cc1ccccc1. The van der Waals surface area contributed by atoms with Crippen molar-refractivity contribution in [3.63, 3.8) is 0 Å². The Labute approximate surface area is 99.5 Å². The van der Waals surface area contributed by atoms with Crippen LogP contribution in [0.15, 0.2) is 30.3 Å². The van der Waals surface area contributed by atoms with Crippen molar-refractivity contribution in [1.82, 2.24) is 0 Å². The monoisotopic (exact) mass is 222 g/mol. The average molecular weight is 222 g/mol. The van der Waals surface area contributed by atoms with E-state index in [1.54, 1.807) is 0 Å². The van der Waals surface area contributed by atoms with E-state index in [1.165, 1.54) is 5.56 Å². The lowest BCUT2D eigenvalue weighted by Crippen LogP contribution is -2.27. The molecule has 1 atom stereocenters. The van der Waals surface area contributed by atoms with E-state index >= 15 is 0 Å². The Morgan fingerprint density at radius 1 is 1.00 bits per heavy atom. The molecule has 0 bridgehead atoms. The Balaban J connectivity index is 2.65. The molecule has 0 aliphatic rings. The average Bonchev–Trinajstić information content (AvgIpc) is 1.99. The number of hydrogen-bond acceptors (Lipinski definition) is 1. The summed E-state index contributed by atoms with van der Waals surface area (Å²) >= 11 is 4.79. The van der Waals surface area contributed by atoms with Crippen LogP contribution in [0.2, 0.25) is 0 Å². The van der Waals surface area contributed by atoms with Gasteiger partial charge in [-0.15, -0.1) is 0 Å². The van der Waals surface area contributed by atoms with Gasteiger partial charge in [0.2, 0.25) is 0 Å². The van der Waals surface area contributed by atoms with E-state index in [0.717, 1.165) is 12.8 Å². The lowest BCUT2D eigenvalue weighted by atomic mass is 9.82. The summed E-state index contributed by atoms with van der Waals surface area (Å²) < 4.78 is 0.0829. The number of thiol groups is 1. The van der Waals surface area contributed by atoms with Crippen molar-refractivity contribution in [2.75, 3.05) is 0 Å². The fourth-order valence-corrected chi connectivity index (χ4v) is 2.90.